The van der Waals surface area contributed by atoms with Crippen LogP contribution in [0.5, 0.6) is 5.75 Å². The van der Waals surface area contributed by atoms with Gasteiger partial charge in [-0.2, -0.15) is 0 Å². The van der Waals surface area contributed by atoms with Crippen LogP contribution in [-0.4, -0.2) is 54.3 Å². The van der Waals surface area contributed by atoms with Crippen LogP contribution in [0.4, 0.5) is 15.9 Å². The molecule has 0 radical (unpaired) electrons. The number of morpholine rings is 1. The predicted octanol–water partition coefficient (Wildman–Crippen LogP) is 2.96. The molecule has 1 saturated heterocycles. The van der Waals surface area contributed by atoms with Crippen LogP contribution in [0.3, 0.4) is 0 Å². The largest absolute Gasteiger partial charge is 0.490 e. The summed E-state index contributed by atoms with van der Waals surface area (Å²) in [5, 5.41) is 0.620. The van der Waals surface area contributed by atoms with Gasteiger partial charge in [-0.1, -0.05) is 11.6 Å². The smallest absolute Gasteiger partial charge is 0.162 e. The van der Waals surface area contributed by atoms with Gasteiger partial charge in [-0.25, -0.2) is 14.4 Å². The van der Waals surface area contributed by atoms with Crippen molar-refractivity contribution in [2.45, 2.75) is 0 Å². The van der Waals surface area contributed by atoms with Crippen molar-refractivity contribution in [2.24, 2.45) is 0 Å². The fraction of sp³-hybridized carbons (Fsp3) is 0.300. The highest BCUT2D eigenvalue weighted by Crippen LogP contribution is 2.32. The number of rotatable bonds is 5. The Labute approximate surface area is 172 Å². The molecule has 0 bridgehead atoms. The quantitative estimate of drug-likeness (QED) is 0.615. The van der Waals surface area contributed by atoms with E-state index in [0.29, 0.717) is 40.3 Å². The van der Waals surface area contributed by atoms with Gasteiger partial charge in [0.25, 0.3) is 0 Å². The number of aromatic nitrogens is 2. The van der Waals surface area contributed by atoms with Crippen molar-refractivity contribution in [2.75, 3.05) is 50.9 Å². The van der Waals surface area contributed by atoms with Gasteiger partial charge in [-0.05, 0) is 24.3 Å². The van der Waals surface area contributed by atoms with Crippen molar-refractivity contribution >= 4 is 34.0 Å². The zero-order chi connectivity index (χ0) is 20.4. The molecule has 1 aliphatic rings. The van der Waals surface area contributed by atoms with Crippen LogP contribution in [0.1, 0.15) is 0 Å². The number of nitrogen functional groups attached to an aromatic ring is 2. The van der Waals surface area contributed by atoms with Crippen molar-refractivity contribution in [1.29, 1.82) is 0 Å². The van der Waals surface area contributed by atoms with Crippen molar-refractivity contribution in [3.8, 4) is 17.1 Å². The van der Waals surface area contributed by atoms with Crippen molar-refractivity contribution in [3.05, 3.63) is 41.2 Å². The van der Waals surface area contributed by atoms with E-state index in [0.717, 1.165) is 32.8 Å². The maximum absolute atomic E-state index is 13.5. The minimum absolute atomic E-state index is 0.00536. The highest BCUT2D eigenvalue weighted by Gasteiger charge is 2.14. The summed E-state index contributed by atoms with van der Waals surface area (Å²) in [6.45, 7) is 4.55. The Morgan fingerprint density at radius 1 is 1.14 bits per heavy atom. The predicted molar refractivity (Wildman–Crippen MR) is 112 cm³/mol. The van der Waals surface area contributed by atoms with E-state index in [1.807, 2.05) is 0 Å². The van der Waals surface area contributed by atoms with E-state index in [9.17, 15) is 4.39 Å². The normalized spacial score (nSPS) is 15.0. The fourth-order valence-corrected chi connectivity index (χ4v) is 3.38. The van der Waals surface area contributed by atoms with Gasteiger partial charge in [0, 0.05) is 36.7 Å². The number of hydrogen-bond donors (Lipinski definition) is 2. The Bertz CT molecular complexity index is 1040. The third-order valence-electron chi connectivity index (χ3n) is 4.80. The maximum atomic E-state index is 13.5. The van der Waals surface area contributed by atoms with Crippen LogP contribution in [0.2, 0.25) is 5.02 Å². The average molecular weight is 418 g/mol. The van der Waals surface area contributed by atoms with Gasteiger partial charge in [0.2, 0.25) is 0 Å². The lowest BCUT2D eigenvalue weighted by Gasteiger charge is -2.26. The summed E-state index contributed by atoms with van der Waals surface area (Å²) in [7, 11) is 0. The van der Waals surface area contributed by atoms with Gasteiger partial charge in [0.05, 0.1) is 29.4 Å². The maximum Gasteiger partial charge on any atom is 0.162 e. The first-order valence-electron chi connectivity index (χ1n) is 9.26. The molecule has 2 heterocycles. The molecule has 7 nitrogen and oxygen atoms in total. The summed E-state index contributed by atoms with van der Waals surface area (Å²) in [6.07, 6.45) is 0. The lowest BCUT2D eigenvalue weighted by molar-refractivity contribution is 0.0323. The molecule has 0 saturated carbocycles. The molecule has 1 fully saturated rings. The summed E-state index contributed by atoms with van der Waals surface area (Å²) >= 11 is 5.88. The molecular weight excluding hydrogens is 397 g/mol. The first-order chi connectivity index (χ1) is 14.0. The van der Waals surface area contributed by atoms with Crippen LogP contribution in [0.25, 0.3) is 22.3 Å². The van der Waals surface area contributed by atoms with Crippen molar-refractivity contribution in [1.82, 2.24) is 14.9 Å². The summed E-state index contributed by atoms with van der Waals surface area (Å²) in [5.41, 5.74) is 13.9. The van der Waals surface area contributed by atoms with Gasteiger partial charge in [-0.15, -0.1) is 0 Å². The van der Waals surface area contributed by atoms with E-state index in [-0.39, 0.29) is 10.8 Å². The Hall–Kier alpha value is -2.68. The number of anilines is 2. The van der Waals surface area contributed by atoms with Crippen LogP contribution in [0.15, 0.2) is 30.3 Å². The standard InChI is InChI=1S/C20H21ClFN5O2/c21-14-9-12(1-2-15(14)22)20-25-17-11-18(16(23)10-13(17)19(24)26-20)29-8-5-27-3-6-28-7-4-27/h1-2,9-11H,3-8,23H2,(H2,24,25,26). The zero-order valence-electron chi connectivity index (χ0n) is 15.7. The second-order valence-corrected chi connectivity index (χ2v) is 7.18. The summed E-state index contributed by atoms with van der Waals surface area (Å²) < 4.78 is 24.7. The lowest BCUT2D eigenvalue weighted by Crippen LogP contribution is -2.38. The first-order valence-corrected chi connectivity index (χ1v) is 9.64. The van der Waals surface area contributed by atoms with Crippen LogP contribution >= 0.6 is 11.6 Å². The van der Waals surface area contributed by atoms with Gasteiger partial charge < -0.3 is 20.9 Å². The Morgan fingerprint density at radius 3 is 2.69 bits per heavy atom. The second-order valence-electron chi connectivity index (χ2n) is 6.77. The number of nitrogens with zero attached hydrogens (tertiary/aromatic N) is 3. The second kappa shape index (κ2) is 8.36. The fourth-order valence-electron chi connectivity index (χ4n) is 3.20. The third-order valence-corrected chi connectivity index (χ3v) is 5.09. The van der Waals surface area contributed by atoms with Gasteiger partial charge in [0.15, 0.2) is 5.82 Å². The zero-order valence-corrected chi connectivity index (χ0v) is 16.5. The molecule has 9 heteroatoms. The van der Waals surface area contributed by atoms with Crippen molar-refractivity contribution < 1.29 is 13.9 Å². The van der Waals surface area contributed by atoms with E-state index >= 15 is 0 Å². The Kier molecular flexibility index (Phi) is 5.66. The highest BCUT2D eigenvalue weighted by molar-refractivity contribution is 6.31. The first kappa shape index (κ1) is 19.6. The minimum atomic E-state index is -0.507. The molecule has 0 aliphatic carbocycles. The summed E-state index contributed by atoms with van der Waals surface area (Å²) in [6, 6.07) is 7.74. The molecular formula is C20H21ClFN5O2. The molecule has 3 aromatic rings. The highest BCUT2D eigenvalue weighted by atomic mass is 35.5. The average Bonchev–Trinajstić information content (AvgIpc) is 2.72. The summed E-state index contributed by atoms with van der Waals surface area (Å²) in [5.74, 6) is 0.651. The third kappa shape index (κ3) is 4.34. The molecule has 1 aliphatic heterocycles. The topological polar surface area (TPSA) is 99.5 Å². The van der Waals surface area contributed by atoms with Crippen LogP contribution < -0.4 is 16.2 Å². The molecule has 1 aromatic heterocycles. The Morgan fingerprint density at radius 2 is 1.93 bits per heavy atom. The lowest BCUT2D eigenvalue weighted by atomic mass is 10.1. The van der Waals surface area contributed by atoms with E-state index in [1.54, 1.807) is 18.2 Å². The van der Waals surface area contributed by atoms with Gasteiger partial charge in [-0.3, -0.25) is 4.90 Å². The molecule has 4 N–H and O–H groups in total. The molecule has 0 spiro atoms. The number of hydrogen-bond acceptors (Lipinski definition) is 7. The van der Waals surface area contributed by atoms with Crippen molar-refractivity contribution in [3.63, 3.8) is 0 Å². The molecule has 4 rings (SSSR count). The number of benzene rings is 2. The molecule has 0 unspecified atom stereocenters. The van der Waals surface area contributed by atoms with E-state index < -0.39 is 5.82 Å². The summed E-state index contributed by atoms with van der Waals surface area (Å²) in [4.78, 5) is 11.1. The number of ether oxygens (including phenoxy) is 2. The molecule has 0 atom stereocenters. The number of halogens is 2. The monoisotopic (exact) mass is 417 g/mol. The SMILES string of the molecule is Nc1cc2c(N)nc(-c3ccc(F)c(Cl)c3)nc2cc1OCCN1CCOCC1. The molecule has 2 aromatic carbocycles. The van der Waals surface area contributed by atoms with E-state index in [1.165, 1.54) is 12.1 Å². The van der Waals surface area contributed by atoms with Crippen LogP contribution in [-0.2, 0) is 4.74 Å². The number of nitrogens with two attached hydrogens (primary N) is 2. The molecule has 152 valence electrons. The van der Waals surface area contributed by atoms with Gasteiger partial charge in [0.1, 0.15) is 24.0 Å². The Balaban J connectivity index is 1.59. The van der Waals surface area contributed by atoms with Gasteiger partial charge >= 0.3 is 0 Å². The molecule has 29 heavy (non-hydrogen) atoms. The van der Waals surface area contributed by atoms with E-state index in [2.05, 4.69) is 14.9 Å². The van der Waals surface area contributed by atoms with Crippen LogP contribution in [0, 0.1) is 5.82 Å². The molecule has 0 amide bonds. The number of fused-ring (bicyclic) bond motifs is 1. The minimum Gasteiger partial charge on any atom is -0.490 e. The van der Waals surface area contributed by atoms with E-state index in [4.69, 9.17) is 32.5 Å².